The van der Waals surface area contributed by atoms with E-state index < -0.39 is 5.82 Å². The van der Waals surface area contributed by atoms with Gasteiger partial charge in [0.25, 0.3) is 0 Å². The molecular formula is C13H8Cl3FO. The molecule has 0 fully saturated rings. The van der Waals surface area contributed by atoms with Crippen molar-refractivity contribution in [3.8, 4) is 16.9 Å². The fourth-order valence-electron chi connectivity index (χ4n) is 1.68. The van der Waals surface area contributed by atoms with Crippen LogP contribution in [0.1, 0.15) is 0 Å². The molecule has 5 heteroatoms. The lowest BCUT2D eigenvalue weighted by Crippen LogP contribution is -1.92. The average molecular weight is 306 g/mol. The van der Waals surface area contributed by atoms with Gasteiger partial charge in [-0.3, -0.25) is 0 Å². The standard InChI is InChI=1S/C13H8Cl3FO/c1-18-13-8(3-2-4-11(13)17)9-5-7(14)6-10(15)12(9)16/h2-6H,1H3. The Labute approximate surface area is 119 Å². The maximum absolute atomic E-state index is 13.6. The van der Waals surface area contributed by atoms with Crippen LogP contribution < -0.4 is 4.74 Å². The van der Waals surface area contributed by atoms with Gasteiger partial charge in [-0.05, 0) is 18.2 Å². The van der Waals surface area contributed by atoms with Crippen molar-refractivity contribution in [2.75, 3.05) is 7.11 Å². The van der Waals surface area contributed by atoms with Crippen molar-refractivity contribution in [1.82, 2.24) is 0 Å². The lowest BCUT2D eigenvalue weighted by Gasteiger charge is -2.12. The van der Waals surface area contributed by atoms with E-state index in [2.05, 4.69) is 0 Å². The summed E-state index contributed by atoms with van der Waals surface area (Å²) >= 11 is 18.0. The van der Waals surface area contributed by atoms with Gasteiger partial charge in [0.2, 0.25) is 0 Å². The van der Waals surface area contributed by atoms with Gasteiger partial charge in [-0.1, -0.05) is 46.9 Å². The summed E-state index contributed by atoms with van der Waals surface area (Å²) in [4.78, 5) is 0. The van der Waals surface area contributed by atoms with E-state index in [0.29, 0.717) is 26.2 Å². The predicted octanol–water partition coefficient (Wildman–Crippen LogP) is 5.46. The molecular weight excluding hydrogens is 297 g/mol. The second-order valence-corrected chi connectivity index (χ2v) is 4.79. The molecule has 18 heavy (non-hydrogen) atoms. The van der Waals surface area contributed by atoms with Crippen LogP contribution in [0.4, 0.5) is 4.39 Å². The lowest BCUT2D eigenvalue weighted by molar-refractivity contribution is 0.388. The summed E-state index contributed by atoms with van der Waals surface area (Å²) in [7, 11) is 1.39. The molecule has 0 aliphatic carbocycles. The molecule has 0 N–H and O–H groups in total. The third-order valence-corrected chi connectivity index (χ3v) is 3.47. The third-order valence-electron chi connectivity index (χ3n) is 2.45. The molecule has 0 aliphatic heterocycles. The van der Waals surface area contributed by atoms with E-state index in [4.69, 9.17) is 39.5 Å². The number of hydrogen-bond donors (Lipinski definition) is 0. The summed E-state index contributed by atoms with van der Waals surface area (Å²) < 4.78 is 18.7. The largest absolute Gasteiger partial charge is 0.493 e. The van der Waals surface area contributed by atoms with E-state index in [0.717, 1.165) is 0 Å². The zero-order valence-corrected chi connectivity index (χ0v) is 11.6. The number of halogens is 4. The van der Waals surface area contributed by atoms with Crippen molar-refractivity contribution in [3.63, 3.8) is 0 Å². The van der Waals surface area contributed by atoms with E-state index >= 15 is 0 Å². The second-order valence-electron chi connectivity index (χ2n) is 3.57. The number of hydrogen-bond acceptors (Lipinski definition) is 1. The van der Waals surface area contributed by atoms with E-state index in [1.807, 2.05) is 0 Å². The molecule has 2 aromatic carbocycles. The number of ether oxygens (including phenoxy) is 1. The van der Waals surface area contributed by atoms with Crippen LogP contribution in [0.2, 0.25) is 15.1 Å². The molecule has 0 heterocycles. The predicted molar refractivity (Wildman–Crippen MR) is 73.4 cm³/mol. The Kier molecular flexibility index (Phi) is 4.00. The molecule has 0 unspecified atom stereocenters. The Morgan fingerprint density at radius 1 is 1.06 bits per heavy atom. The normalized spacial score (nSPS) is 10.5. The summed E-state index contributed by atoms with van der Waals surface area (Å²) in [5, 5.41) is 1.04. The molecule has 0 aliphatic rings. The Bertz CT molecular complexity index is 599. The van der Waals surface area contributed by atoms with Crippen LogP contribution in [-0.2, 0) is 0 Å². The molecule has 0 saturated carbocycles. The zero-order valence-electron chi connectivity index (χ0n) is 9.31. The maximum Gasteiger partial charge on any atom is 0.165 e. The first kappa shape index (κ1) is 13.5. The van der Waals surface area contributed by atoms with Gasteiger partial charge in [0.1, 0.15) is 0 Å². The highest BCUT2D eigenvalue weighted by Gasteiger charge is 2.15. The highest BCUT2D eigenvalue weighted by atomic mass is 35.5. The monoisotopic (exact) mass is 304 g/mol. The molecule has 0 amide bonds. The van der Waals surface area contributed by atoms with Crippen molar-refractivity contribution < 1.29 is 9.13 Å². The third kappa shape index (κ3) is 2.41. The van der Waals surface area contributed by atoms with Crippen molar-refractivity contribution in [3.05, 3.63) is 51.2 Å². The first-order valence-electron chi connectivity index (χ1n) is 5.02. The molecule has 1 nitrogen and oxygen atoms in total. The average Bonchev–Trinajstić information content (AvgIpc) is 2.33. The minimum absolute atomic E-state index is 0.109. The molecule has 0 saturated heterocycles. The molecule has 0 aromatic heterocycles. The number of rotatable bonds is 2. The summed E-state index contributed by atoms with van der Waals surface area (Å²) in [6.45, 7) is 0. The molecule has 2 rings (SSSR count). The summed E-state index contributed by atoms with van der Waals surface area (Å²) in [6.07, 6.45) is 0. The van der Waals surface area contributed by atoms with Crippen molar-refractivity contribution in [1.29, 1.82) is 0 Å². The van der Waals surface area contributed by atoms with E-state index in [1.54, 1.807) is 18.2 Å². The van der Waals surface area contributed by atoms with Gasteiger partial charge in [0, 0.05) is 16.1 Å². The SMILES string of the molecule is COc1c(F)cccc1-c1cc(Cl)cc(Cl)c1Cl. The molecule has 0 atom stereocenters. The van der Waals surface area contributed by atoms with Gasteiger partial charge >= 0.3 is 0 Å². The molecule has 0 radical (unpaired) electrons. The van der Waals surface area contributed by atoms with E-state index in [1.165, 1.54) is 19.2 Å². The first-order chi connectivity index (χ1) is 8.54. The van der Waals surface area contributed by atoms with E-state index in [-0.39, 0.29) is 5.75 Å². The minimum atomic E-state index is -0.470. The van der Waals surface area contributed by atoms with Crippen LogP contribution in [0.3, 0.4) is 0 Å². The molecule has 94 valence electrons. The van der Waals surface area contributed by atoms with Gasteiger partial charge < -0.3 is 4.74 Å². The Morgan fingerprint density at radius 3 is 2.44 bits per heavy atom. The quantitative estimate of drug-likeness (QED) is 0.669. The zero-order chi connectivity index (χ0) is 13.3. The summed E-state index contributed by atoms with van der Waals surface area (Å²) in [6, 6.07) is 7.71. The second kappa shape index (κ2) is 5.35. The smallest absolute Gasteiger partial charge is 0.165 e. The van der Waals surface area contributed by atoms with Gasteiger partial charge in [0.15, 0.2) is 11.6 Å². The number of para-hydroxylation sites is 1. The summed E-state index contributed by atoms with van der Waals surface area (Å²) in [5.74, 6) is -0.361. The van der Waals surface area contributed by atoms with Crippen LogP contribution in [0.25, 0.3) is 11.1 Å². The van der Waals surface area contributed by atoms with Crippen LogP contribution in [0, 0.1) is 5.82 Å². The fraction of sp³-hybridized carbons (Fsp3) is 0.0769. The summed E-state index contributed by atoms with van der Waals surface area (Å²) in [5.41, 5.74) is 1.04. The van der Waals surface area contributed by atoms with Crippen LogP contribution in [0.5, 0.6) is 5.75 Å². The first-order valence-corrected chi connectivity index (χ1v) is 6.15. The highest BCUT2D eigenvalue weighted by molar-refractivity contribution is 6.45. The van der Waals surface area contributed by atoms with Gasteiger partial charge in [-0.25, -0.2) is 4.39 Å². The topological polar surface area (TPSA) is 9.23 Å². The Hall–Kier alpha value is -0.960. The van der Waals surface area contributed by atoms with Gasteiger partial charge in [0.05, 0.1) is 17.2 Å². The van der Waals surface area contributed by atoms with E-state index in [9.17, 15) is 4.39 Å². The molecule has 0 bridgehead atoms. The van der Waals surface area contributed by atoms with Crippen molar-refractivity contribution in [2.45, 2.75) is 0 Å². The lowest BCUT2D eigenvalue weighted by atomic mass is 10.0. The Balaban J connectivity index is 2.73. The van der Waals surface area contributed by atoms with Crippen LogP contribution >= 0.6 is 34.8 Å². The molecule has 0 spiro atoms. The van der Waals surface area contributed by atoms with Gasteiger partial charge in [-0.15, -0.1) is 0 Å². The Morgan fingerprint density at radius 2 is 1.78 bits per heavy atom. The van der Waals surface area contributed by atoms with Gasteiger partial charge in [-0.2, -0.15) is 0 Å². The fourth-order valence-corrected chi connectivity index (χ4v) is 2.38. The van der Waals surface area contributed by atoms with Crippen molar-refractivity contribution >= 4 is 34.8 Å². The number of methoxy groups -OCH3 is 1. The number of benzene rings is 2. The maximum atomic E-state index is 13.6. The minimum Gasteiger partial charge on any atom is -0.493 e. The van der Waals surface area contributed by atoms with Crippen molar-refractivity contribution in [2.24, 2.45) is 0 Å². The van der Waals surface area contributed by atoms with Crippen LogP contribution in [-0.4, -0.2) is 7.11 Å². The highest BCUT2D eigenvalue weighted by Crippen LogP contribution is 2.41. The molecule has 2 aromatic rings. The van der Waals surface area contributed by atoms with Crippen LogP contribution in [0.15, 0.2) is 30.3 Å².